The minimum absolute atomic E-state index is 0.000361. The predicted molar refractivity (Wildman–Crippen MR) is 142 cm³/mol. The van der Waals surface area contributed by atoms with E-state index in [9.17, 15) is 4.79 Å². The topological polar surface area (TPSA) is 69.0 Å². The first kappa shape index (κ1) is 26.3. The SMILES string of the molecule is [B]c1c([B])c([C@]2([B])CCCN2C(=O)C(C)(C)Nc2ccc(C#N)cn2)c([B])c([B])c1C([B])([B])[B]. The highest BCUT2D eigenvalue weighted by Gasteiger charge is 2.46. The van der Waals surface area contributed by atoms with Gasteiger partial charge in [-0.15, -0.1) is 16.0 Å². The van der Waals surface area contributed by atoms with Crippen LogP contribution in [-0.2, 0) is 15.3 Å². The van der Waals surface area contributed by atoms with E-state index in [2.05, 4.69) is 10.3 Å². The summed E-state index contributed by atoms with van der Waals surface area (Å²) < 4.78 is 0. The number of rotatable bonds is 5. The van der Waals surface area contributed by atoms with E-state index in [1.165, 1.54) is 11.1 Å². The van der Waals surface area contributed by atoms with Crippen LogP contribution in [0.15, 0.2) is 18.3 Å². The van der Waals surface area contributed by atoms with E-state index in [-0.39, 0.29) is 38.9 Å². The second-order valence-electron chi connectivity index (χ2n) is 9.12. The lowest BCUT2D eigenvalue weighted by Gasteiger charge is -2.44. The van der Waals surface area contributed by atoms with Crippen LogP contribution < -0.4 is 27.2 Å². The van der Waals surface area contributed by atoms with Crippen LogP contribution in [0.1, 0.15) is 43.4 Å². The summed E-state index contributed by atoms with van der Waals surface area (Å²) in [5.41, 5.74) is -1.98. The Labute approximate surface area is 211 Å². The molecule has 0 unspecified atom stereocenters. The molecule has 0 spiro atoms. The van der Waals surface area contributed by atoms with E-state index in [0.717, 1.165) is 0 Å². The Bertz CT molecular complexity index is 1140. The molecule has 1 N–H and O–H groups in total. The van der Waals surface area contributed by atoms with Gasteiger partial charge in [-0.1, -0.05) is 16.5 Å². The Morgan fingerprint density at radius 3 is 2.18 bits per heavy atom. The summed E-state index contributed by atoms with van der Waals surface area (Å²) in [4.78, 5) is 19.4. The maximum absolute atomic E-state index is 13.7. The van der Waals surface area contributed by atoms with Crippen LogP contribution in [-0.4, -0.2) is 90.6 Å². The molecule has 0 bridgehead atoms. The molecular weight excluding hydrogens is 411 g/mol. The van der Waals surface area contributed by atoms with Crippen molar-refractivity contribution in [3.63, 3.8) is 0 Å². The molecular formula is C21H16B8N4O. The van der Waals surface area contributed by atoms with Crippen LogP contribution in [0.25, 0.3) is 0 Å². The fourth-order valence-electron chi connectivity index (χ4n) is 4.39. The van der Waals surface area contributed by atoms with Crippen molar-refractivity contribution in [1.82, 2.24) is 9.88 Å². The maximum Gasteiger partial charge on any atom is 0.247 e. The Hall–Kier alpha value is -2.35. The zero-order valence-electron chi connectivity index (χ0n) is 19.2. The number of hydrogen-bond donors (Lipinski definition) is 1. The minimum Gasteiger partial charge on any atom is -0.356 e. The monoisotopic (exact) mass is 428 g/mol. The largest absolute Gasteiger partial charge is 0.356 e. The lowest BCUT2D eigenvalue weighted by atomic mass is 9.36. The highest BCUT2D eigenvalue weighted by molar-refractivity contribution is 6.65. The van der Waals surface area contributed by atoms with Crippen molar-refractivity contribution in [1.29, 1.82) is 5.26 Å². The number of carbonyl (C=O) groups is 1. The molecule has 3 rings (SSSR count). The molecule has 1 atom stereocenters. The third-order valence-electron chi connectivity index (χ3n) is 6.06. The lowest BCUT2D eigenvalue weighted by Crippen LogP contribution is -2.62. The smallest absolute Gasteiger partial charge is 0.247 e. The van der Waals surface area contributed by atoms with Crippen molar-refractivity contribution in [2.45, 2.75) is 42.8 Å². The molecule has 0 saturated carbocycles. The molecule has 1 saturated heterocycles. The van der Waals surface area contributed by atoms with Crippen LogP contribution in [0.2, 0.25) is 0 Å². The van der Waals surface area contributed by atoms with Crippen LogP contribution in [0.4, 0.5) is 5.82 Å². The number of nitriles is 1. The average molecular weight is 427 g/mol. The van der Waals surface area contributed by atoms with Gasteiger partial charge in [-0.2, -0.15) is 5.26 Å². The van der Waals surface area contributed by atoms with Gasteiger partial charge >= 0.3 is 0 Å². The van der Waals surface area contributed by atoms with E-state index in [1.54, 1.807) is 26.0 Å². The molecule has 2 aromatic rings. The van der Waals surface area contributed by atoms with Crippen LogP contribution >= 0.6 is 0 Å². The van der Waals surface area contributed by atoms with Crippen molar-refractivity contribution >= 4 is 96.3 Å². The third-order valence-corrected chi connectivity index (χ3v) is 6.06. The number of benzene rings is 1. The highest BCUT2D eigenvalue weighted by Crippen LogP contribution is 2.36. The zero-order chi connectivity index (χ0) is 25.6. The standard InChI is InChI=1S/C21H16B8N4O/c1-19(2,32-11-5-4-10(8-30)9-31-11)18(34)33-7-3-6-20(33,26)12-14(22)16(24)13(21(27,28)29)17(25)15(12)23/h4-5,9H,3,6-7H2,1-2H3,(H,31,32)/t20-/m0/s1. The first-order valence-electron chi connectivity index (χ1n) is 10.5. The Morgan fingerprint density at radius 2 is 1.71 bits per heavy atom. The number of carbonyl (C=O) groups excluding carboxylic acids is 1. The minimum atomic E-state index is -1.89. The van der Waals surface area contributed by atoms with Crippen molar-refractivity contribution < 1.29 is 4.79 Å². The molecule has 1 aliphatic rings. The first-order valence-corrected chi connectivity index (χ1v) is 10.5. The molecule has 34 heavy (non-hydrogen) atoms. The number of amides is 1. The lowest BCUT2D eigenvalue weighted by molar-refractivity contribution is -0.137. The number of pyridine rings is 1. The highest BCUT2D eigenvalue weighted by atomic mass is 16.2. The molecule has 1 amide bonds. The number of hydrogen-bond acceptors (Lipinski definition) is 4. The van der Waals surface area contributed by atoms with Gasteiger partial charge in [0.05, 0.1) is 29.1 Å². The van der Waals surface area contributed by atoms with E-state index in [1.807, 2.05) is 6.07 Å². The van der Waals surface area contributed by atoms with Gasteiger partial charge in [-0.3, -0.25) is 4.79 Å². The second-order valence-corrected chi connectivity index (χ2v) is 9.12. The van der Waals surface area contributed by atoms with Crippen LogP contribution in [0.5, 0.6) is 0 Å². The fraction of sp³-hybridized carbons (Fsp3) is 0.381. The zero-order valence-corrected chi connectivity index (χ0v) is 19.2. The van der Waals surface area contributed by atoms with Gasteiger partial charge in [-0.05, 0) is 44.4 Å². The van der Waals surface area contributed by atoms with Gasteiger partial charge in [0.25, 0.3) is 0 Å². The summed E-state index contributed by atoms with van der Waals surface area (Å²) in [6.45, 7) is 3.73. The van der Waals surface area contributed by atoms with Crippen molar-refractivity contribution in [2.24, 2.45) is 0 Å². The summed E-state index contributed by atoms with van der Waals surface area (Å²) >= 11 is 0. The molecule has 1 aromatic carbocycles. The molecule has 2 heterocycles. The van der Waals surface area contributed by atoms with E-state index in [0.29, 0.717) is 30.8 Å². The van der Waals surface area contributed by atoms with Gasteiger partial charge in [0, 0.05) is 18.2 Å². The number of aromatic nitrogens is 1. The Balaban J connectivity index is 2.03. The van der Waals surface area contributed by atoms with Gasteiger partial charge in [0.2, 0.25) is 5.91 Å². The molecule has 1 aliphatic heterocycles. The number of anilines is 1. The third kappa shape index (κ3) is 4.49. The quantitative estimate of drug-likeness (QED) is 0.506. The number of likely N-dealkylation sites (tertiary alicyclic amines) is 1. The second kappa shape index (κ2) is 9.02. The van der Waals surface area contributed by atoms with E-state index < -0.39 is 16.1 Å². The van der Waals surface area contributed by atoms with Gasteiger partial charge in [0.15, 0.2) is 0 Å². The summed E-state index contributed by atoms with van der Waals surface area (Å²) in [5.74, 6) is 0.0886. The maximum atomic E-state index is 13.7. The first-order chi connectivity index (χ1) is 15.6. The van der Waals surface area contributed by atoms with Crippen LogP contribution in [0.3, 0.4) is 0 Å². The van der Waals surface area contributed by atoms with E-state index in [4.69, 9.17) is 68.0 Å². The molecule has 1 fully saturated rings. The molecule has 0 aliphatic carbocycles. The summed E-state index contributed by atoms with van der Waals surface area (Å²) in [7, 11) is 49.3. The number of nitrogens with one attached hydrogen (secondary N) is 1. The molecule has 5 nitrogen and oxygen atoms in total. The predicted octanol–water partition coefficient (Wildman–Crippen LogP) is -3.42. The molecule has 150 valence electrons. The molecule has 16 radical (unpaired) electrons. The Kier molecular flexibility index (Phi) is 6.97. The van der Waals surface area contributed by atoms with Crippen LogP contribution in [0, 0.1) is 11.3 Å². The average Bonchev–Trinajstić information content (AvgIpc) is 3.13. The van der Waals surface area contributed by atoms with Crippen molar-refractivity contribution in [2.75, 3.05) is 11.9 Å². The summed E-state index contributed by atoms with van der Waals surface area (Å²) in [5, 5.41) is 10.2. The van der Waals surface area contributed by atoms with E-state index >= 15 is 0 Å². The fourth-order valence-corrected chi connectivity index (χ4v) is 4.39. The van der Waals surface area contributed by atoms with Gasteiger partial charge < -0.3 is 10.2 Å². The van der Waals surface area contributed by atoms with Crippen molar-refractivity contribution in [3.8, 4) is 6.07 Å². The number of nitrogens with zero attached hydrogens (tertiary/aromatic N) is 3. The molecule has 1 aromatic heterocycles. The summed E-state index contributed by atoms with van der Waals surface area (Å²) in [6.07, 6.45) is 2.35. The Morgan fingerprint density at radius 1 is 1.12 bits per heavy atom. The van der Waals surface area contributed by atoms with Gasteiger partial charge in [-0.25, -0.2) is 4.98 Å². The molecule has 13 heteroatoms. The summed E-state index contributed by atoms with van der Waals surface area (Å²) in [6, 6.07) is 5.21. The van der Waals surface area contributed by atoms with Crippen molar-refractivity contribution in [3.05, 3.63) is 35.0 Å². The van der Waals surface area contributed by atoms with Gasteiger partial charge in [0.1, 0.15) is 56.7 Å². The normalized spacial score (nSPS) is 18.4.